The molecule has 1 aromatic rings. The van der Waals surface area contributed by atoms with Crippen molar-refractivity contribution in [2.45, 2.75) is 19.1 Å². The van der Waals surface area contributed by atoms with E-state index in [0.29, 0.717) is 0 Å². The Hall–Kier alpha value is -1.18. The molecular formula is C10H13FN2O3S. The van der Waals surface area contributed by atoms with E-state index in [9.17, 15) is 19.4 Å². The van der Waals surface area contributed by atoms with Crippen molar-refractivity contribution in [2.75, 3.05) is 11.5 Å². The number of pyridine rings is 1. The maximum Gasteiger partial charge on any atom is 0.185 e. The molecule has 0 amide bonds. The minimum atomic E-state index is -1.37. The number of aromatic nitrogens is 1. The summed E-state index contributed by atoms with van der Waals surface area (Å²) in [5, 5.41) is 19.2. The van der Waals surface area contributed by atoms with Gasteiger partial charge in [-0.25, -0.2) is 9.37 Å². The first-order chi connectivity index (χ1) is 7.91. The molecule has 94 valence electrons. The Morgan fingerprint density at radius 1 is 1.65 bits per heavy atom. The SMILES string of the molecule is CC(=O)SCC(O)C(O)c1cc(F)cnc1N. The van der Waals surface area contributed by atoms with Gasteiger partial charge in [0.1, 0.15) is 17.7 Å². The first kappa shape index (κ1) is 13.9. The second kappa shape index (κ2) is 5.95. The van der Waals surface area contributed by atoms with Crippen LogP contribution >= 0.6 is 11.8 Å². The Labute approximate surface area is 102 Å². The zero-order valence-electron chi connectivity index (χ0n) is 9.13. The van der Waals surface area contributed by atoms with Gasteiger partial charge in [-0.05, 0) is 6.07 Å². The third kappa shape index (κ3) is 3.95. The molecule has 0 aliphatic carbocycles. The van der Waals surface area contributed by atoms with Gasteiger partial charge in [-0.15, -0.1) is 0 Å². The molecule has 0 radical (unpaired) electrons. The van der Waals surface area contributed by atoms with Crippen LogP contribution in [0.1, 0.15) is 18.6 Å². The van der Waals surface area contributed by atoms with E-state index >= 15 is 0 Å². The Balaban J connectivity index is 2.77. The maximum atomic E-state index is 12.9. The van der Waals surface area contributed by atoms with Crippen LogP contribution in [0.2, 0.25) is 0 Å². The lowest BCUT2D eigenvalue weighted by molar-refractivity contribution is -0.109. The number of aliphatic hydroxyl groups excluding tert-OH is 2. The molecular weight excluding hydrogens is 247 g/mol. The largest absolute Gasteiger partial charge is 0.389 e. The first-order valence-electron chi connectivity index (χ1n) is 4.82. The molecule has 7 heteroatoms. The zero-order valence-corrected chi connectivity index (χ0v) is 9.95. The molecule has 17 heavy (non-hydrogen) atoms. The van der Waals surface area contributed by atoms with Crippen molar-refractivity contribution in [1.82, 2.24) is 4.98 Å². The predicted octanol–water partition coefficient (Wildman–Crippen LogP) is 0.477. The van der Waals surface area contributed by atoms with Gasteiger partial charge in [0.25, 0.3) is 0 Å². The van der Waals surface area contributed by atoms with Crippen LogP contribution in [0.15, 0.2) is 12.3 Å². The van der Waals surface area contributed by atoms with E-state index in [0.717, 1.165) is 24.0 Å². The fourth-order valence-electron chi connectivity index (χ4n) is 1.20. The molecule has 0 aliphatic heterocycles. The molecule has 0 fully saturated rings. The van der Waals surface area contributed by atoms with Crippen molar-refractivity contribution >= 4 is 22.7 Å². The second-order valence-electron chi connectivity index (χ2n) is 3.44. The lowest BCUT2D eigenvalue weighted by atomic mass is 10.1. The average molecular weight is 260 g/mol. The van der Waals surface area contributed by atoms with Gasteiger partial charge in [0.15, 0.2) is 5.12 Å². The first-order valence-corrected chi connectivity index (χ1v) is 5.80. The Bertz CT molecular complexity index is 417. The van der Waals surface area contributed by atoms with Crippen molar-refractivity contribution in [2.24, 2.45) is 0 Å². The van der Waals surface area contributed by atoms with Crippen molar-refractivity contribution < 1.29 is 19.4 Å². The van der Waals surface area contributed by atoms with Crippen LogP contribution in [0.25, 0.3) is 0 Å². The van der Waals surface area contributed by atoms with Gasteiger partial charge in [0.05, 0.1) is 12.3 Å². The number of nitrogen functional groups attached to an aromatic ring is 1. The minimum Gasteiger partial charge on any atom is -0.389 e. The molecule has 5 nitrogen and oxygen atoms in total. The van der Waals surface area contributed by atoms with Crippen molar-refractivity contribution in [1.29, 1.82) is 0 Å². The summed E-state index contributed by atoms with van der Waals surface area (Å²) in [7, 11) is 0. The van der Waals surface area contributed by atoms with E-state index in [1.807, 2.05) is 0 Å². The highest BCUT2D eigenvalue weighted by atomic mass is 32.2. The number of carbonyl (C=O) groups is 1. The van der Waals surface area contributed by atoms with Gasteiger partial charge in [0, 0.05) is 18.2 Å². The van der Waals surface area contributed by atoms with Gasteiger partial charge in [0.2, 0.25) is 0 Å². The smallest absolute Gasteiger partial charge is 0.185 e. The number of nitrogens with two attached hydrogens (primary N) is 1. The van der Waals surface area contributed by atoms with Gasteiger partial charge >= 0.3 is 0 Å². The van der Waals surface area contributed by atoms with Crippen LogP contribution < -0.4 is 5.73 Å². The Morgan fingerprint density at radius 3 is 2.88 bits per heavy atom. The Morgan fingerprint density at radius 2 is 2.29 bits per heavy atom. The van der Waals surface area contributed by atoms with Gasteiger partial charge in [-0.2, -0.15) is 0 Å². The summed E-state index contributed by atoms with van der Waals surface area (Å²) in [6.07, 6.45) is -1.66. The number of nitrogens with zero attached hydrogens (tertiary/aromatic N) is 1. The fraction of sp³-hybridized carbons (Fsp3) is 0.400. The fourth-order valence-corrected chi connectivity index (χ4v) is 1.79. The lowest BCUT2D eigenvalue weighted by Gasteiger charge is -2.18. The van der Waals surface area contributed by atoms with Crippen LogP contribution in [-0.2, 0) is 4.79 Å². The van der Waals surface area contributed by atoms with Gasteiger partial charge in [-0.3, -0.25) is 4.79 Å². The quantitative estimate of drug-likeness (QED) is 0.728. The molecule has 0 bridgehead atoms. The normalized spacial score (nSPS) is 14.4. The summed E-state index contributed by atoms with van der Waals surface area (Å²) in [6.45, 7) is 1.35. The molecule has 4 N–H and O–H groups in total. The number of anilines is 1. The van der Waals surface area contributed by atoms with Crippen LogP contribution in [0, 0.1) is 5.82 Å². The minimum absolute atomic E-state index is 0.00640. The number of carbonyl (C=O) groups excluding carboxylic acids is 1. The van der Waals surface area contributed by atoms with E-state index in [1.54, 1.807) is 0 Å². The highest BCUT2D eigenvalue weighted by molar-refractivity contribution is 8.13. The van der Waals surface area contributed by atoms with E-state index < -0.39 is 18.0 Å². The summed E-state index contributed by atoms with van der Waals surface area (Å²) in [5.41, 5.74) is 5.48. The van der Waals surface area contributed by atoms with Gasteiger partial charge in [-0.1, -0.05) is 11.8 Å². The van der Waals surface area contributed by atoms with Crippen LogP contribution in [0.5, 0.6) is 0 Å². The lowest BCUT2D eigenvalue weighted by Crippen LogP contribution is -2.22. The van der Waals surface area contributed by atoms with E-state index in [2.05, 4.69) is 4.98 Å². The molecule has 0 saturated heterocycles. The molecule has 2 unspecified atom stereocenters. The number of hydrogen-bond acceptors (Lipinski definition) is 6. The monoisotopic (exact) mass is 260 g/mol. The standard InChI is InChI=1S/C10H13FN2O3S/c1-5(14)17-4-8(15)9(16)7-2-6(11)3-13-10(7)12/h2-3,8-9,15-16H,4H2,1H3,(H2,12,13). The molecule has 1 aromatic heterocycles. The predicted molar refractivity (Wildman–Crippen MR) is 62.7 cm³/mol. The molecule has 0 aromatic carbocycles. The number of aliphatic hydroxyl groups is 2. The zero-order chi connectivity index (χ0) is 13.0. The van der Waals surface area contributed by atoms with Gasteiger partial charge < -0.3 is 15.9 Å². The average Bonchev–Trinajstić information content (AvgIpc) is 2.28. The second-order valence-corrected chi connectivity index (χ2v) is 4.64. The summed E-state index contributed by atoms with van der Waals surface area (Å²) in [5.74, 6) is -0.697. The summed E-state index contributed by atoms with van der Waals surface area (Å²) in [6, 6.07) is 1.01. The molecule has 0 aliphatic rings. The highest BCUT2D eigenvalue weighted by Crippen LogP contribution is 2.24. The topological polar surface area (TPSA) is 96.4 Å². The van der Waals surface area contributed by atoms with Crippen LogP contribution in [-0.4, -0.2) is 32.2 Å². The van der Waals surface area contributed by atoms with E-state index in [1.165, 1.54) is 6.92 Å². The highest BCUT2D eigenvalue weighted by Gasteiger charge is 2.22. The molecule has 1 rings (SSSR count). The summed E-state index contributed by atoms with van der Waals surface area (Å²) < 4.78 is 12.9. The molecule has 1 heterocycles. The van der Waals surface area contributed by atoms with Crippen LogP contribution in [0.4, 0.5) is 10.2 Å². The Kier molecular flexibility index (Phi) is 4.86. The number of rotatable bonds is 4. The molecule has 0 saturated carbocycles. The summed E-state index contributed by atoms with van der Waals surface area (Å²) in [4.78, 5) is 14.2. The summed E-state index contributed by atoms with van der Waals surface area (Å²) >= 11 is 0.869. The van der Waals surface area contributed by atoms with Crippen LogP contribution in [0.3, 0.4) is 0 Å². The van der Waals surface area contributed by atoms with E-state index in [4.69, 9.17) is 5.73 Å². The van der Waals surface area contributed by atoms with Crippen molar-refractivity contribution in [3.05, 3.63) is 23.6 Å². The number of hydrogen-bond donors (Lipinski definition) is 3. The molecule has 0 spiro atoms. The van der Waals surface area contributed by atoms with Crippen molar-refractivity contribution in [3.8, 4) is 0 Å². The molecule has 2 atom stereocenters. The third-order valence-corrected chi connectivity index (χ3v) is 2.97. The van der Waals surface area contributed by atoms with Crippen molar-refractivity contribution in [3.63, 3.8) is 0 Å². The number of halogens is 1. The number of thioether (sulfide) groups is 1. The maximum absolute atomic E-state index is 12.9. The van der Waals surface area contributed by atoms with E-state index in [-0.39, 0.29) is 22.2 Å². The third-order valence-electron chi connectivity index (χ3n) is 2.06.